The van der Waals surface area contributed by atoms with Gasteiger partial charge >= 0.3 is 17.9 Å². The van der Waals surface area contributed by atoms with Gasteiger partial charge in [-0.05, 0) is 18.6 Å². The normalized spacial score (nSPS) is 9.85. The highest BCUT2D eigenvalue weighted by atomic mass is 16.6. The number of rotatable bonds is 7. The van der Waals surface area contributed by atoms with Gasteiger partial charge in [-0.2, -0.15) is 0 Å². The third-order valence-electron chi connectivity index (χ3n) is 2.41. The van der Waals surface area contributed by atoms with Crippen molar-refractivity contribution in [3.63, 3.8) is 0 Å². The molecule has 0 fully saturated rings. The van der Waals surface area contributed by atoms with Crippen LogP contribution in [0.5, 0.6) is 0 Å². The lowest BCUT2D eigenvalue weighted by Gasteiger charge is -2.07. The molecule has 1 N–H and O–H groups in total. The quantitative estimate of drug-likeness (QED) is 0.606. The monoisotopic (exact) mass is 280 g/mol. The Kier molecular flexibility index (Phi) is 6.22. The van der Waals surface area contributed by atoms with Gasteiger partial charge in [-0.3, -0.25) is 4.79 Å². The number of carbonyl (C=O) groups is 3. The Morgan fingerprint density at radius 1 is 1.05 bits per heavy atom. The van der Waals surface area contributed by atoms with Crippen LogP contribution in [0.1, 0.15) is 40.5 Å². The fraction of sp³-hybridized carbons (Fsp3) is 0.357. The molecule has 20 heavy (non-hydrogen) atoms. The van der Waals surface area contributed by atoms with Crippen molar-refractivity contribution in [1.29, 1.82) is 0 Å². The van der Waals surface area contributed by atoms with Crippen molar-refractivity contribution in [2.45, 2.75) is 19.8 Å². The van der Waals surface area contributed by atoms with E-state index in [2.05, 4.69) is 0 Å². The van der Waals surface area contributed by atoms with E-state index in [1.165, 1.54) is 18.2 Å². The first kappa shape index (κ1) is 15.7. The Labute approximate surface area is 116 Å². The molecule has 1 rings (SSSR count). The number of hydrogen-bond donors (Lipinski definition) is 1. The van der Waals surface area contributed by atoms with Crippen LogP contribution in [-0.2, 0) is 14.3 Å². The highest BCUT2D eigenvalue weighted by Gasteiger charge is 2.16. The van der Waals surface area contributed by atoms with Gasteiger partial charge < -0.3 is 14.6 Å². The van der Waals surface area contributed by atoms with Gasteiger partial charge in [-0.25, -0.2) is 9.59 Å². The lowest BCUT2D eigenvalue weighted by Crippen LogP contribution is -2.16. The zero-order chi connectivity index (χ0) is 15.0. The van der Waals surface area contributed by atoms with Gasteiger partial charge in [0.15, 0.2) is 0 Å². The van der Waals surface area contributed by atoms with Crippen molar-refractivity contribution in [3.8, 4) is 0 Å². The molecule has 0 bridgehead atoms. The molecule has 6 nitrogen and oxygen atoms in total. The number of aromatic carboxylic acids is 1. The van der Waals surface area contributed by atoms with Gasteiger partial charge in [0.2, 0.25) is 0 Å². The fourth-order valence-corrected chi connectivity index (χ4v) is 1.49. The molecule has 6 heteroatoms. The second-order valence-corrected chi connectivity index (χ2v) is 3.96. The first-order chi connectivity index (χ1) is 9.56. The summed E-state index contributed by atoms with van der Waals surface area (Å²) in [6.45, 7) is 1.70. The molecule has 0 aliphatic rings. The minimum absolute atomic E-state index is 0.0279. The van der Waals surface area contributed by atoms with Crippen molar-refractivity contribution in [1.82, 2.24) is 0 Å². The topological polar surface area (TPSA) is 89.9 Å². The molecule has 0 aliphatic carbocycles. The van der Waals surface area contributed by atoms with Crippen LogP contribution in [0.3, 0.4) is 0 Å². The minimum Gasteiger partial charge on any atom is -0.478 e. The summed E-state index contributed by atoms with van der Waals surface area (Å²) in [6, 6.07) is 5.76. The van der Waals surface area contributed by atoms with E-state index in [9.17, 15) is 14.4 Å². The number of esters is 2. The van der Waals surface area contributed by atoms with Crippen LogP contribution in [0.2, 0.25) is 0 Å². The zero-order valence-corrected chi connectivity index (χ0v) is 11.1. The number of carbonyl (C=O) groups excluding carboxylic acids is 2. The van der Waals surface area contributed by atoms with E-state index < -0.39 is 11.9 Å². The number of carboxylic acid groups (broad SMARTS) is 1. The summed E-state index contributed by atoms with van der Waals surface area (Å²) < 4.78 is 9.68. The van der Waals surface area contributed by atoms with E-state index in [4.69, 9.17) is 14.6 Å². The number of benzene rings is 1. The van der Waals surface area contributed by atoms with Crippen molar-refractivity contribution in [2.75, 3.05) is 13.2 Å². The van der Waals surface area contributed by atoms with Crippen molar-refractivity contribution in [3.05, 3.63) is 35.4 Å². The molecule has 108 valence electrons. The second-order valence-electron chi connectivity index (χ2n) is 3.96. The van der Waals surface area contributed by atoms with Crippen LogP contribution in [0.25, 0.3) is 0 Å². The first-order valence-corrected chi connectivity index (χ1v) is 6.21. The average Bonchev–Trinajstić information content (AvgIpc) is 2.43. The smallest absolute Gasteiger partial charge is 0.339 e. The molecule has 0 aliphatic heterocycles. The van der Waals surface area contributed by atoms with Crippen LogP contribution in [0, 0.1) is 0 Å². The van der Waals surface area contributed by atoms with Gasteiger partial charge in [0.05, 0.1) is 11.1 Å². The van der Waals surface area contributed by atoms with E-state index in [1.807, 2.05) is 6.92 Å². The molecule has 0 saturated heterocycles. The molecule has 0 heterocycles. The van der Waals surface area contributed by atoms with Gasteiger partial charge in [0.25, 0.3) is 0 Å². The molecule has 1 aromatic carbocycles. The first-order valence-electron chi connectivity index (χ1n) is 6.21. The number of ether oxygens (including phenoxy) is 2. The van der Waals surface area contributed by atoms with Crippen LogP contribution < -0.4 is 0 Å². The van der Waals surface area contributed by atoms with Crippen LogP contribution in [0.15, 0.2) is 24.3 Å². The summed E-state index contributed by atoms with van der Waals surface area (Å²) in [7, 11) is 0. The summed E-state index contributed by atoms with van der Waals surface area (Å²) in [6.07, 6.45) is 1.00. The van der Waals surface area contributed by atoms with Gasteiger partial charge in [-0.15, -0.1) is 0 Å². The minimum atomic E-state index is -1.20. The van der Waals surface area contributed by atoms with E-state index in [-0.39, 0.29) is 30.3 Å². The molecular weight excluding hydrogens is 264 g/mol. The lowest BCUT2D eigenvalue weighted by atomic mass is 10.1. The second kappa shape index (κ2) is 7.93. The number of carboxylic acids is 1. The van der Waals surface area contributed by atoms with E-state index in [0.29, 0.717) is 12.8 Å². The maximum atomic E-state index is 11.7. The van der Waals surface area contributed by atoms with Crippen LogP contribution in [0.4, 0.5) is 0 Å². The highest BCUT2D eigenvalue weighted by Crippen LogP contribution is 2.10. The Morgan fingerprint density at radius 2 is 1.65 bits per heavy atom. The van der Waals surface area contributed by atoms with E-state index in [0.717, 1.165) is 0 Å². The Bertz CT molecular complexity index is 494. The SMILES string of the molecule is CCCC(=O)OCCOC(=O)c1ccccc1C(=O)O. The maximum Gasteiger partial charge on any atom is 0.339 e. The molecule has 0 saturated carbocycles. The van der Waals surface area contributed by atoms with Crippen LogP contribution >= 0.6 is 0 Å². The van der Waals surface area contributed by atoms with Gasteiger partial charge in [-0.1, -0.05) is 19.1 Å². The molecule has 0 aromatic heterocycles. The summed E-state index contributed by atoms with van der Waals surface area (Å²) in [5.41, 5.74) is -0.152. The largest absolute Gasteiger partial charge is 0.478 e. The van der Waals surface area contributed by atoms with Gasteiger partial charge in [0.1, 0.15) is 13.2 Å². The fourth-order valence-electron chi connectivity index (χ4n) is 1.49. The summed E-state index contributed by atoms with van der Waals surface area (Å²) >= 11 is 0. The van der Waals surface area contributed by atoms with E-state index in [1.54, 1.807) is 6.07 Å². The van der Waals surface area contributed by atoms with E-state index >= 15 is 0 Å². The Morgan fingerprint density at radius 3 is 2.25 bits per heavy atom. The summed E-state index contributed by atoms with van der Waals surface area (Å²) in [4.78, 5) is 33.7. The Hall–Kier alpha value is -2.37. The maximum absolute atomic E-state index is 11.7. The van der Waals surface area contributed by atoms with Crippen molar-refractivity contribution < 1.29 is 29.0 Å². The Balaban J connectivity index is 2.48. The lowest BCUT2D eigenvalue weighted by molar-refractivity contribution is -0.144. The molecule has 0 unspecified atom stereocenters. The third kappa shape index (κ3) is 4.72. The predicted octanol–water partition coefficient (Wildman–Crippen LogP) is 1.88. The molecule has 1 aromatic rings. The summed E-state index contributed by atoms with van der Waals surface area (Å²) in [5, 5.41) is 8.94. The third-order valence-corrected chi connectivity index (χ3v) is 2.41. The van der Waals surface area contributed by atoms with Crippen molar-refractivity contribution in [2.24, 2.45) is 0 Å². The molecule has 0 amide bonds. The predicted molar refractivity (Wildman–Crippen MR) is 69.6 cm³/mol. The highest BCUT2D eigenvalue weighted by molar-refractivity contribution is 6.02. The van der Waals surface area contributed by atoms with Gasteiger partial charge in [0, 0.05) is 6.42 Å². The standard InChI is InChI=1S/C14H16O6/c1-2-5-12(15)19-8-9-20-14(18)11-7-4-3-6-10(11)13(16)17/h3-4,6-7H,2,5,8-9H2,1H3,(H,16,17). The number of hydrogen-bond acceptors (Lipinski definition) is 5. The summed E-state index contributed by atoms with van der Waals surface area (Å²) in [5.74, 6) is -2.31. The van der Waals surface area contributed by atoms with Crippen molar-refractivity contribution >= 4 is 17.9 Å². The molecule has 0 spiro atoms. The average molecular weight is 280 g/mol. The molecule has 0 atom stereocenters. The van der Waals surface area contributed by atoms with Crippen LogP contribution in [-0.4, -0.2) is 36.2 Å². The zero-order valence-electron chi connectivity index (χ0n) is 11.1. The molecule has 0 radical (unpaired) electrons. The molecular formula is C14H16O6.